The molecule has 1 heterocycles. The van der Waals surface area contributed by atoms with Crippen LogP contribution >= 0.6 is 27.5 Å². The standard InChI is InChI=1S/C19H25BrClN5O2/c1-14(20)11-24-25(6)17(10-16(21)22-5)26(18(27)28-19(2,3)4)13-15-8-7-9-23-12-15/h7-12H,1,13H2,2-6H3/b17-10+,22-16?,24-11-. The zero-order valence-corrected chi connectivity index (χ0v) is 19.0. The summed E-state index contributed by atoms with van der Waals surface area (Å²) in [6.45, 7) is 9.32. The van der Waals surface area contributed by atoms with Crippen molar-refractivity contribution in [2.45, 2.75) is 32.9 Å². The first-order valence-electron chi connectivity index (χ1n) is 8.39. The SMILES string of the molecule is C=C(Br)/C=N\N(C)/C(=C\C(Cl)=NC)N(Cc1cccnc1)C(=O)OC(C)(C)C. The predicted molar refractivity (Wildman–Crippen MR) is 118 cm³/mol. The number of aliphatic imine (C=N–C) groups is 1. The van der Waals surface area contributed by atoms with Crippen LogP contribution in [0.2, 0.25) is 0 Å². The van der Waals surface area contributed by atoms with E-state index in [1.807, 2.05) is 6.07 Å². The third-order valence-corrected chi connectivity index (χ3v) is 3.60. The second kappa shape index (κ2) is 11.0. The number of pyridine rings is 1. The van der Waals surface area contributed by atoms with Gasteiger partial charge in [-0.1, -0.05) is 24.2 Å². The number of amides is 1. The van der Waals surface area contributed by atoms with Gasteiger partial charge in [0.05, 0.1) is 12.8 Å². The van der Waals surface area contributed by atoms with Gasteiger partial charge in [-0.3, -0.25) is 19.9 Å². The number of carbonyl (C=O) groups excluding carboxylic acids is 1. The van der Waals surface area contributed by atoms with E-state index in [4.69, 9.17) is 16.3 Å². The van der Waals surface area contributed by atoms with Gasteiger partial charge in [-0.25, -0.2) is 4.79 Å². The molecule has 0 aliphatic rings. The number of hydrogen-bond donors (Lipinski definition) is 0. The molecule has 0 saturated heterocycles. The largest absolute Gasteiger partial charge is 0.443 e. The van der Waals surface area contributed by atoms with Crippen molar-refractivity contribution in [1.29, 1.82) is 0 Å². The third-order valence-electron chi connectivity index (χ3n) is 3.12. The van der Waals surface area contributed by atoms with Crippen molar-refractivity contribution in [3.8, 4) is 0 Å². The van der Waals surface area contributed by atoms with Crippen LogP contribution in [0.5, 0.6) is 0 Å². The number of allylic oxidation sites excluding steroid dienone is 2. The molecular weight excluding hydrogens is 446 g/mol. The van der Waals surface area contributed by atoms with Crippen LogP contribution in [0, 0.1) is 0 Å². The Bertz CT molecular complexity index is 772. The monoisotopic (exact) mass is 469 g/mol. The first-order valence-corrected chi connectivity index (χ1v) is 9.56. The van der Waals surface area contributed by atoms with Crippen LogP contribution in [-0.2, 0) is 11.3 Å². The Hall–Kier alpha value is -2.19. The lowest BCUT2D eigenvalue weighted by molar-refractivity contribution is 0.0247. The summed E-state index contributed by atoms with van der Waals surface area (Å²) in [5.41, 5.74) is 0.135. The minimum atomic E-state index is -0.677. The predicted octanol–water partition coefficient (Wildman–Crippen LogP) is 4.75. The molecule has 0 bridgehead atoms. The second-order valence-corrected chi connectivity index (χ2v) is 8.10. The van der Waals surface area contributed by atoms with E-state index < -0.39 is 11.7 Å². The summed E-state index contributed by atoms with van der Waals surface area (Å²) < 4.78 is 6.16. The minimum absolute atomic E-state index is 0.203. The number of ether oxygens (including phenoxy) is 1. The van der Waals surface area contributed by atoms with E-state index >= 15 is 0 Å². The minimum Gasteiger partial charge on any atom is -0.443 e. The lowest BCUT2D eigenvalue weighted by atomic mass is 10.2. The molecule has 1 aromatic rings. The Morgan fingerprint density at radius 1 is 1.46 bits per heavy atom. The normalized spacial score (nSPS) is 12.8. The van der Waals surface area contributed by atoms with Crippen LogP contribution in [0.3, 0.4) is 0 Å². The summed E-state index contributed by atoms with van der Waals surface area (Å²) in [7, 11) is 3.23. The quantitative estimate of drug-likeness (QED) is 0.426. The van der Waals surface area contributed by atoms with Gasteiger partial charge in [0.1, 0.15) is 16.6 Å². The van der Waals surface area contributed by atoms with Crippen molar-refractivity contribution in [2.75, 3.05) is 14.1 Å². The molecule has 1 rings (SSSR count). The fourth-order valence-corrected chi connectivity index (χ4v) is 2.15. The topological polar surface area (TPSA) is 70.4 Å². The number of carbonyl (C=O) groups is 1. The smallest absolute Gasteiger partial charge is 0.416 e. The molecule has 0 N–H and O–H groups in total. The van der Waals surface area contributed by atoms with Gasteiger partial charge in [-0.15, -0.1) is 0 Å². The summed E-state index contributed by atoms with van der Waals surface area (Å²) in [6, 6.07) is 3.66. The molecule has 0 fully saturated rings. The molecule has 1 aromatic heterocycles. The van der Waals surface area contributed by atoms with E-state index in [1.165, 1.54) is 22.2 Å². The molecule has 0 radical (unpaired) electrons. The van der Waals surface area contributed by atoms with Gasteiger partial charge in [0.15, 0.2) is 0 Å². The third kappa shape index (κ3) is 8.67. The van der Waals surface area contributed by atoms with Gasteiger partial charge in [0, 0.05) is 37.0 Å². The molecule has 7 nitrogen and oxygen atoms in total. The van der Waals surface area contributed by atoms with Crippen LogP contribution in [-0.4, -0.2) is 52.1 Å². The molecule has 0 aliphatic carbocycles. The summed E-state index contributed by atoms with van der Waals surface area (Å²) in [5.74, 6) is 0.374. The zero-order valence-electron chi connectivity index (χ0n) is 16.7. The van der Waals surface area contributed by atoms with Crippen molar-refractivity contribution >= 4 is 45.0 Å². The van der Waals surface area contributed by atoms with Crippen molar-refractivity contribution in [3.63, 3.8) is 0 Å². The van der Waals surface area contributed by atoms with E-state index in [0.29, 0.717) is 10.3 Å². The lowest BCUT2D eigenvalue weighted by Gasteiger charge is -2.31. The van der Waals surface area contributed by atoms with E-state index in [0.717, 1.165) is 5.56 Å². The van der Waals surface area contributed by atoms with Crippen LogP contribution in [0.1, 0.15) is 26.3 Å². The highest BCUT2D eigenvalue weighted by Crippen LogP contribution is 2.20. The highest BCUT2D eigenvalue weighted by Gasteiger charge is 2.27. The molecule has 0 atom stereocenters. The molecule has 1 amide bonds. The molecule has 28 heavy (non-hydrogen) atoms. The number of aromatic nitrogens is 1. The lowest BCUT2D eigenvalue weighted by Crippen LogP contribution is -2.39. The number of hydrazone groups is 1. The maximum absolute atomic E-state index is 13.0. The first kappa shape index (κ1) is 23.8. The summed E-state index contributed by atoms with van der Waals surface area (Å²) in [5, 5.41) is 5.96. The molecule has 9 heteroatoms. The van der Waals surface area contributed by atoms with Crippen molar-refractivity contribution in [3.05, 3.63) is 53.0 Å². The second-order valence-electron chi connectivity index (χ2n) is 6.69. The maximum atomic E-state index is 13.0. The number of nitrogens with zero attached hydrogens (tertiary/aromatic N) is 5. The Morgan fingerprint density at radius 3 is 2.64 bits per heavy atom. The van der Waals surface area contributed by atoms with Crippen LogP contribution in [0.4, 0.5) is 4.79 Å². The molecule has 0 saturated carbocycles. The Kier molecular flexibility index (Phi) is 9.34. The average Bonchev–Trinajstić information content (AvgIpc) is 2.61. The summed E-state index contributed by atoms with van der Waals surface area (Å²) >= 11 is 9.35. The molecule has 152 valence electrons. The average molecular weight is 471 g/mol. The van der Waals surface area contributed by atoms with Gasteiger partial charge >= 0.3 is 6.09 Å². The molecule has 0 aliphatic heterocycles. The molecular formula is C19H25BrClN5O2. The Balaban J connectivity index is 3.40. The van der Waals surface area contributed by atoms with E-state index in [1.54, 1.807) is 53.3 Å². The number of rotatable bonds is 7. The number of halogens is 2. The van der Waals surface area contributed by atoms with Gasteiger partial charge in [0.2, 0.25) is 0 Å². The van der Waals surface area contributed by atoms with Crippen LogP contribution in [0.25, 0.3) is 0 Å². The van der Waals surface area contributed by atoms with Gasteiger partial charge in [-0.05, 0) is 48.3 Å². The fraction of sp³-hybridized carbons (Fsp3) is 0.368. The highest BCUT2D eigenvalue weighted by atomic mass is 79.9. The molecule has 0 aromatic carbocycles. The van der Waals surface area contributed by atoms with Crippen molar-refractivity contribution in [2.24, 2.45) is 10.1 Å². The maximum Gasteiger partial charge on any atom is 0.416 e. The first-order chi connectivity index (χ1) is 13.0. The summed E-state index contributed by atoms with van der Waals surface area (Å²) in [4.78, 5) is 22.4. The van der Waals surface area contributed by atoms with Crippen LogP contribution < -0.4 is 0 Å². The number of hydrogen-bond acceptors (Lipinski definition) is 6. The van der Waals surface area contributed by atoms with E-state index in [9.17, 15) is 4.79 Å². The van der Waals surface area contributed by atoms with Crippen molar-refractivity contribution in [1.82, 2.24) is 14.9 Å². The van der Waals surface area contributed by atoms with Gasteiger partial charge in [0.25, 0.3) is 0 Å². The Labute approximate surface area is 179 Å². The zero-order chi connectivity index (χ0) is 21.3. The highest BCUT2D eigenvalue weighted by molar-refractivity contribution is 9.12. The Morgan fingerprint density at radius 2 is 2.14 bits per heavy atom. The van der Waals surface area contributed by atoms with Gasteiger partial charge in [-0.2, -0.15) is 5.10 Å². The van der Waals surface area contributed by atoms with E-state index in [2.05, 4.69) is 37.6 Å². The summed E-state index contributed by atoms with van der Waals surface area (Å²) in [6.07, 6.45) is 5.83. The van der Waals surface area contributed by atoms with Gasteiger partial charge < -0.3 is 4.74 Å². The van der Waals surface area contributed by atoms with Crippen LogP contribution in [0.15, 0.2) is 57.6 Å². The molecule has 0 unspecified atom stereocenters. The van der Waals surface area contributed by atoms with E-state index in [-0.39, 0.29) is 11.7 Å². The fourth-order valence-electron chi connectivity index (χ4n) is 1.96. The molecule has 0 spiro atoms. The van der Waals surface area contributed by atoms with Crippen molar-refractivity contribution < 1.29 is 9.53 Å².